The fraction of sp³-hybridized carbons (Fsp3) is 0.560. The number of carbonyl (C=O) groups is 1. The summed E-state index contributed by atoms with van der Waals surface area (Å²) < 4.78 is 0. The van der Waals surface area contributed by atoms with Crippen molar-refractivity contribution in [3.05, 3.63) is 58.9 Å². The van der Waals surface area contributed by atoms with Crippen molar-refractivity contribution in [3.63, 3.8) is 0 Å². The molecular weight excluding hydrogens is 330 g/mol. The highest BCUT2D eigenvalue weighted by Crippen LogP contribution is 2.45. The van der Waals surface area contributed by atoms with E-state index in [0.717, 1.165) is 31.2 Å². The highest BCUT2D eigenvalue weighted by atomic mass is 16.1. The molecule has 0 spiro atoms. The molecule has 2 rings (SSSR count). The molecule has 2 heteroatoms. The summed E-state index contributed by atoms with van der Waals surface area (Å²) >= 11 is 0. The van der Waals surface area contributed by atoms with Crippen LogP contribution in [0.1, 0.15) is 67.7 Å². The van der Waals surface area contributed by atoms with Crippen LogP contribution in [0.3, 0.4) is 0 Å². The maximum absolute atomic E-state index is 12.3. The van der Waals surface area contributed by atoms with E-state index in [1.165, 1.54) is 16.7 Å². The maximum Gasteiger partial charge on any atom is 0.130 e. The Morgan fingerprint density at radius 3 is 2.59 bits per heavy atom. The number of aldehydes is 1. The summed E-state index contributed by atoms with van der Waals surface area (Å²) in [5.41, 5.74) is 4.24. The molecule has 27 heavy (non-hydrogen) atoms. The van der Waals surface area contributed by atoms with Gasteiger partial charge in [0.25, 0.3) is 0 Å². The normalized spacial score (nSPS) is 32.5. The molecule has 1 aliphatic carbocycles. The van der Waals surface area contributed by atoms with E-state index in [4.69, 9.17) is 0 Å². The molecule has 2 aliphatic rings. The number of hydrogen-bond donors (Lipinski definition) is 1. The third-order valence-corrected chi connectivity index (χ3v) is 6.64. The van der Waals surface area contributed by atoms with E-state index in [-0.39, 0.29) is 11.5 Å². The van der Waals surface area contributed by atoms with E-state index in [0.29, 0.717) is 5.92 Å². The largest absolute Gasteiger partial charge is 0.379 e. The Hall–Kier alpha value is -1.83. The van der Waals surface area contributed by atoms with Gasteiger partial charge in [-0.05, 0) is 55.4 Å². The first-order valence-corrected chi connectivity index (χ1v) is 10.5. The number of carbonyl (C=O) groups excluding carboxylic acids is 1. The third kappa shape index (κ3) is 4.20. The van der Waals surface area contributed by atoms with Crippen molar-refractivity contribution in [2.24, 2.45) is 16.7 Å². The standard InChI is InChI=1S/C25H37NO/c1-8-18(4)25(7)15-11-12-22-21(16-25)23(24(6,10-3)17-27)20(9-2)14-13-19(5)26-22/h11-19,26H,8-10H2,1-7H3/b14-13-,23-20-. The molecule has 0 amide bonds. The average Bonchev–Trinajstić information content (AvgIpc) is 2.82. The second kappa shape index (κ2) is 8.46. The molecule has 148 valence electrons. The third-order valence-electron chi connectivity index (χ3n) is 6.64. The maximum atomic E-state index is 12.3. The van der Waals surface area contributed by atoms with E-state index < -0.39 is 5.41 Å². The molecule has 0 aromatic heterocycles. The zero-order valence-electron chi connectivity index (χ0n) is 18.2. The Morgan fingerprint density at radius 1 is 1.33 bits per heavy atom. The number of rotatable bonds is 6. The minimum Gasteiger partial charge on any atom is -0.379 e. The van der Waals surface area contributed by atoms with Crippen LogP contribution in [0.25, 0.3) is 0 Å². The number of allylic oxidation sites excluding steroid dienone is 7. The van der Waals surface area contributed by atoms with Gasteiger partial charge in [-0.1, -0.05) is 71.4 Å². The smallest absolute Gasteiger partial charge is 0.130 e. The van der Waals surface area contributed by atoms with Crippen LogP contribution in [-0.2, 0) is 4.79 Å². The monoisotopic (exact) mass is 367 g/mol. The quantitative estimate of drug-likeness (QED) is 0.559. The zero-order chi connectivity index (χ0) is 20.2. The SMILES string of the molecule is CCC1=C(/C(C)(C=O)CC)C2=CC(C)(C(C)CC)C=CC=C2NC(C)/C=C\1. The first-order chi connectivity index (χ1) is 12.7. The van der Waals surface area contributed by atoms with Crippen molar-refractivity contribution in [3.8, 4) is 0 Å². The number of fused-ring (bicyclic) bond motifs is 1. The molecule has 2 nitrogen and oxygen atoms in total. The van der Waals surface area contributed by atoms with Crippen LogP contribution in [-0.4, -0.2) is 12.3 Å². The highest BCUT2D eigenvalue weighted by molar-refractivity contribution is 5.72. The van der Waals surface area contributed by atoms with Crippen LogP contribution in [0.15, 0.2) is 58.9 Å². The van der Waals surface area contributed by atoms with Gasteiger partial charge in [-0.15, -0.1) is 0 Å². The van der Waals surface area contributed by atoms with Gasteiger partial charge in [-0.3, -0.25) is 0 Å². The fourth-order valence-electron chi connectivity index (χ4n) is 4.06. The Kier molecular flexibility index (Phi) is 6.72. The van der Waals surface area contributed by atoms with Gasteiger partial charge in [0.1, 0.15) is 6.29 Å². The van der Waals surface area contributed by atoms with Crippen LogP contribution in [0.2, 0.25) is 0 Å². The van der Waals surface area contributed by atoms with Crippen molar-refractivity contribution in [1.29, 1.82) is 0 Å². The van der Waals surface area contributed by atoms with Gasteiger partial charge in [-0.25, -0.2) is 0 Å². The average molecular weight is 368 g/mol. The van der Waals surface area contributed by atoms with Crippen LogP contribution < -0.4 is 5.32 Å². The molecule has 1 aliphatic heterocycles. The van der Waals surface area contributed by atoms with Gasteiger partial charge in [0, 0.05) is 22.6 Å². The summed E-state index contributed by atoms with van der Waals surface area (Å²) in [6, 6.07) is 0.244. The van der Waals surface area contributed by atoms with Crippen molar-refractivity contribution in [2.75, 3.05) is 0 Å². The van der Waals surface area contributed by atoms with Gasteiger partial charge >= 0.3 is 0 Å². The van der Waals surface area contributed by atoms with Gasteiger partial charge in [-0.2, -0.15) is 0 Å². The topological polar surface area (TPSA) is 29.1 Å². The second-order valence-corrected chi connectivity index (χ2v) is 8.61. The molecule has 0 aromatic rings. The summed E-state index contributed by atoms with van der Waals surface area (Å²) in [4.78, 5) is 12.3. The summed E-state index contributed by atoms with van der Waals surface area (Å²) in [5, 5.41) is 3.66. The molecule has 0 bridgehead atoms. The Bertz CT molecular complexity index is 721. The van der Waals surface area contributed by atoms with Gasteiger partial charge in [0.2, 0.25) is 0 Å². The van der Waals surface area contributed by atoms with E-state index in [9.17, 15) is 4.79 Å². The minimum atomic E-state index is -0.496. The van der Waals surface area contributed by atoms with Crippen molar-refractivity contribution >= 4 is 6.29 Å². The Morgan fingerprint density at radius 2 is 2.04 bits per heavy atom. The lowest BCUT2D eigenvalue weighted by Crippen LogP contribution is -2.32. The molecular formula is C25H37NO. The molecule has 1 heterocycles. The molecule has 0 aromatic carbocycles. The first kappa shape index (κ1) is 21.5. The van der Waals surface area contributed by atoms with E-state index in [1.54, 1.807) is 0 Å². The van der Waals surface area contributed by atoms with Crippen molar-refractivity contribution in [1.82, 2.24) is 5.32 Å². The van der Waals surface area contributed by atoms with E-state index >= 15 is 0 Å². The molecule has 4 atom stereocenters. The lowest BCUT2D eigenvalue weighted by Gasteiger charge is -2.36. The molecule has 4 unspecified atom stereocenters. The fourth-order valence-corrected chi connectivity index (χ4v) is 4.06. The molecule has 0 radical (unpaired) electrons. The summed E-state index contributed by atoms with van der Waals surface area (Å²) in [5.74, 6) is 0.517. The predicted molar refractivity (Wildman–Crippen MR) is 116 cm³/mol. The molecule has 0 saturated heterocycles. The predicted octanol–water partition coefficient (Wildman–Crippen LogP) is 6.29. The molecule has 0 fully saturated rings. The van der Waals surface area contributed by atoms with Crippen LogP contribution in [0, 0.1) is 16.7 Å². The van der Waals surface area contributed by atoms with Crippen LogP contribution in [0.4, 0.5) is 0 Å². The summed E-state index contributed by atoms with van der Waals surface area (Å²) in [6.45, 7) is 15.4. The Labute approximate surface area is 166 Å². The van der Waals surface area contributed by atoms with Crippen LogP contribution >= 0.6 is 0 Å². The minimum absolute atomic E-state index is 0.0438. The van der Waals surface area contributed by atoms with Gasteiger partial charge < -0.3 is 10.1 Å². The lowest BCUT2D eigenvalue weighted by atomic mass is 9.69. The summed E-state index contributed by atoms with van der Waals surface area (Å²) in [7, 11) is 0. The van der Waals surface area contributed by atoms with Gasteiger partial charge in [0.15, 0.2) is 0 Å². The summed E-state index contributed by atoms with van der Waals surface area (Å²) in [6.07, 6.45) is 17.5. The highest BCUT2D eigenvalue weighted by Gasteiger charge is 2.36. The zero-order valence-corrected chi connectivity index (χ0v) is 18.2. The van der Waals surface area contributed by atoms with Gasteiger partial charge in [0.05, 0.1) is 0 Å². The molecule has 1 N–H and O–H groups in total. The van der Waals surface area contributed by atoms with Crippen LogP contribution in [0.5, 0.6) is 0 Å². The first-order valence-electron chi connectivity index (χ1n) is 10.5. The van der Waals surface area contributed by atoms with E-state index in [2.05, 4.69) is 90.2 Å². The second-order valence-electron chi connectivity index (χ2n) is 8.61. The number of hydrogen-bond acceptors (Lipinski definition) is 2. The Balaban J connectivity index is 2.85. The molecule has 0 saturated carbocycles. The van der Waals surface area contributed by atoms with Crippen molar-refractivity contribution in [2.45, 2.75) is 73.8 Å². The number of nitrogens with one attached hydrogen (secondary N) is 1. The van der Waals surface area contributed by atoms with E-state index in [1.807, 2.05) is 0 Å². The lowest BCUT2D eigenvalue weighted by molar-refractivity contribution is -0.113. The van der Waals surface area contributed by atoms with Crippen molar-refractivity contribution < 1.29 is 4.79 Å².